The Morgan fingerprint density at radius 2 is 2.06 bits per heavy atom. The smallest absolute Gasteiger partial charge is 0.308 e. The lowest BCUT2D eigenvalue weighted by atomic mass is 10.1. The predicted molar refractivity (Wildman–Crippen MR) is 66.2 cm³/mol. The molecule has 2 heterocycles. The quantitative estimate of drug-likeness (QED) is 0.713. The molecule has 0 saturated carbocycles. The molecule has 0 aliphatic carbocycles. The summed E-state index contributed by atoms with van der Waals surface area (Å²) in [6.45, 7) is 3.97. The molecule has 2 aliphatic heterocycles. The van der Waals surface area contributed by atoms with Gasteiger partial charge in [0.15, 0.2) is 0 Å². The summed E-state index contributed by atoms with van der Waals surface area (Å²) < 4.78 is 0. The molecule has 2 saturated heterocycles. The summed E-state index contributed by atoms with van der Waals surface area (Å²) in [6, 6.07) is 0.306. The topological polar surface area (TPSA) is 64.1 Å². The van der Waals surface area contributed by atoms with Crippen LogP contribution in [0.5, 0.6) is 0 Å². The SMILES string of the molecule is CN1CCN(C)C(CN2CC(C(=O)O)CC2=O)C1. The van der Waals surface area contributed by atoms with E-state index >= 15 is 0 Å². The number of likely N-dealkylation sites (N-methyl/N-ethyl adjacent to an activating group) is 2. The first-order valence-corrected chi connectivity index (χ1v) is 6.36. The van der Waals surface area contributed by atoms with Crippen LogP contribution in [-0.4, -0.2) is 84.5 Å². The van der Waals surface area contributed by atoms with Crippen molar-refractivity contribution in [3.8, 4) is 0 Å². The molecule has 0 spiro atoms. The van der Waals surface area contributed by atoms with Crippen LogP contribution in [0.15, 0.2) is 0 Å². The maximum absolute atomic E-state index is 11.8. The summed E-state index contributed by atoms with van der Waals surface area (Å²) >= 11 is 0. The predicted octanol–water partition coefficient (Wildman–Crippen LogP) is -0.835. The average molecular weight is 255 g/mol. The third-order valence-electron chi connectivity index (χ3n) is 3.98. The van der Waals surface area contributed by atoms with E-state index in [0.717, 1.165) is 19.6 Å². The molecule has 2 atom stereocenters. The highest BCUT2D eigenvalue weighted by Crippen LogP contribution is 2.19. The fourth-order valence-electron chi connectivity index (χ4n) is 2.67. The summed E-state index contributed by atoms with van der Waals surface area (Å²) in [6.07, 6.45) is 0.154. The summed E-state index contributed by atoms with van der Waals surface area (Å²) in [5.74, 6) is -1.41. The number of hydrogen-bond donors (Lipinski definition) is 1. The van der Waals surface area contributed by atoms with Crippen molar-refractivity contribution in [1.82, 2.24) is 14.7 Å². The van der Waals surface area contributed by atoms with Gasteiger partial charge in [-0.15, -0.1) is 0 Å². The molecule has 0 aromatic rings. The summed E-state index contributed by atoms with van der Waals surface area (Å²) in [5, 5.41) is 8.95. The van der Waals surface area contributed by atoms with Crippen LogP contribution in [0.2, 0.25) is 0 Å². The van der Waals surface area contributed by atoms with Crippen molar-refractivity contribution >= 4 is 11.9 Å². The van der Waals surface area contributed by atoms with Gasteiger partial charge in [0.1, 0.15) is 0 Å². The molecule has 6 nitrogen and oxygen atoms in total. The number of nitrogens with zero attached hydrogens (tertiary/aromatic N) is 3. The number of carbonyl (C=O) groups is 2. The highest BCUT2D eigenvalue weighted by atomic mass is 16.4. The zero-order valence-electron chi connectivity index (χ0n) is 11.0. The fraction of sp³-hybridized carbons (Fsp3) is 0.833. The van der Waals surface area contributed by atoms with Crippen molar-refractivity contribution in [2.75, 3.05) is 46.8 Å². The Kier molecular flexibility index (Phi) is 3.87. The molecular formula is C12H21N3O3. The minimum absolute atomic E-state index is 0.0240. The molecule has 2 fully saturated rings. The second kappa shape index (κ2) is 5.24. The van der Waals surface area contributed by atoms with E-state index < -0.39 is 11.9 Å². The summed E-state index contributed by atoms with van der Waals surface area (Å²) in [5.41, 5.74) is 0. The Morgan fingerprint density at radius 3 is 2.67 bits per heavy atom. The largest absolute Gasteiger partial charge is 0.481 e. The van der Waals surface area contributed by atoms with E-state index in [0.29, 0.717) is 19.1 Å². The standard InChI is InChI=1S/C12H21N3O3/c1-13-3-4-14(2)10(7-13)8-15-6-9(12(17)18)5-11(15)16/h9-10H,3-8H2,1-2H3,(H,17,18). The lowest BCUT2D eigenvalue weighted by Gasteiger charge is -2.39. The van der Waals surface area contributed by atoms with Crippen molar-refractivity contribution in [3.63, 3.8) is 0 Å². The average Bonchev–Trinajstić information content (AvgIpc) is 2.66. The number of amides is 1. The minimum atomic E-state index is -0.861. The number of carboxylic acids is 1. The highest BCUT2D eigenvalue weighted by Gasteiger charge is 2.36. The van der Waals surface area contributed by atoms with Crippen molar-refractivity contribution in [2.45, 2.75) is 12.5 Å². The Labute approximate surface area is 107 Å². The maximum Gasteiger partial charge on any atom is 0.308 e. The van der Waals surface area contributed by atoms with E-state index in [1.165, 1.54) is 0 Å². The first-order chi connectivity index (χ1) is 8.47. The van der Waals surface area contributed by atoms with Gasteiger partial charge >= 0.3 is 5.97 Å². The normalized spacial score (nSPS) is 31.0. The number of likely N-dealkylation sites (tertiary alicyclic amines) is 1. The molecule has 0 bridgehead atoms. The molecule has 6 heteroatoms. The van der Waals surface area contributed by atoms with Gasteiger partial charge in [0.25, 0.3) is 0 Å². The van der Waals surface area contributed by atoms with E-state index in [4.69, 9.17) is 5.11 Å². The number of hydrogen-bond acceptors (Lipinski definition) is 4. The molecule has 0 radical (unpaired) electrons. The fourth-order valence-corrected chi connectivity index (χ4v) is 2.67. The van der Waals surface area contributed by atoms with Crippen molar-refractivity contribution in [3.05, 3.63) is 0 Å². The molecule has 1 N–H and O–H groups in total. The second-order valence-electron chi connectivity index (χ2n) is 5.43. The number of rotatable bonds is 3. The van der Waals surface area contributed by atoms with Gasteiger partial charge in [-0.25, -0.2) is 0 Å². The number of aliphatic carboxylic acids is 1. The molecule has 0 aromatic carbocycles. The number of piperazine rings is 1. The van der Waals surface area contributed by atoms with Gasteiger partial charge in [-0.1, -0.05) is 0 Å². The van der Waals surface area contributed by atoms with Gasteiger partial charge in [0.05, 0.1) is 5.92 Å². The van der Waals surface area contributed by atoms with Crippen LogP contribution in [0.4, 0.5) is 0 Å². The third kappa shape index (κ3) is 2.81. The maximum atomic E-state index is 11.8. The van der Waals surface area contributed by atoms with Crippen LogP contribution >= 0.6 is 0 Å². The van der Waals surface area contributed by atoms with Crippen LogP contribution in [0.1, 0.15) is 6.42 Å². The molecule has 1 amide bonds. The molecule has 2 unspecified atom stereocenters. The van der Waals surface area contributed by atoms with Crippen molar-refractivity contribution in [2.24, 2.45) is 5.92 Å². The van der Waals surface area contributed by atoms with Crippen LogP contribution in [0.25, 0.3) is 0 Å². The number of carboxylic acid groups (broad SMARTS) is 1. The molecule has 2 aliphatic rings. The summed E-state index contributed by atoms with van der Waals surface area (Å²) in [4.78, 5) is 28.9. The van der Waals surface area contributed by atoms with Crippen LogP contribution in [0.3, 0.4) is 0 Å². The van der Waals surface area contributed by atoms with E-state index in [1.807, 2.05) is 0 Å². The van der Waals surface area contributed by atoms with Gasteiger partial charge in [-0.05, 0) is 14.1 Å². The Balaban J connectivity index is 1.93. The van der Waals surface area contributed by atoms with Gasteiger partial charge in [-0.2, -0.15) is 0 Å². The third-order valence-corrected chi connectivity index (χ3v) is 3.98. The van der Waals surface area contributed by atoms with Crippen molar-refractivity contribution in [1.29, 1.82) is 0 Å². The Hall–Kier alpha value is -1.14. The Morgan fingerprint density at radius 1 is 1.33 bits per heavy atom. The molecule has 18 heavy (non-hydrogen) atoms. The van der Waals surface area contributed by atoms with E-state index in [-0.39, 0.29) is 12.3 Å². The molecule has 2 rings (SSSR count). The Bertz CT molecular complexity index is 347. The summed E-state index contributed by atoms with van der Waals surface area (Å²) in [7, 11) is 4.14. The lowest BCUT2D eigenvalue weighted by molar-refractivity contribution is -0.141. The van der Waals surface area contributed by atoms with Gasteiger partial charge < -0.3 is 14.9 Å². The van der Waals surface area contributed by atoms with Gasteiger partial charge in [0.2, 0.25) is 5.91 Å². The monoisotopic (exact) mass is 255 g/mol. The molecular weight excluding hydrogens is 234 g/mol. The van der Waals surface area contributed by atoms with Crippen LogP contribution in [0, 0.1) is 5.92 Å². The van der Waals surface area contributed by atoms with E-state index in [9.17, 15) is 9.59 Å². The van der Waals surface area contributed by atoms with Crippen molar-refractivity contribution < 1.29 is 14.7 Å². The number of carbonyl (C=O) groups excluding carboxylic acids is 1. The minimum Gasteiger partial charge on any atom is -0.481 e. The molecule has 102 valence electrons. The first kappa shape index (κ1) is 13.3. The zero-order chi connectivity index (χ0) is 13.3. The highest BCUT2D eigenvalue weighted by molar-refractivity contribution is 5.86. The van der Waals surface area contributed by atoms with E-state index in [2.05, 4.69) is 23.9 Å². The lowest BCUT2D eigenvalue weighted by Crippen LogP contribution is -2.54. The van der Waals surface area contributed by atoms with E-state index in [1.54, 1.807) is 4.90 Å². The van der Waals surface area contributed by atoms with Crippen LogP contribution in [-0.2, 0) is 9.59 Å². The van der Waals surface area contributed by atoms with Gasteiger partial charge in [0, 0.05) is 45.2 Å². The first-order valence-electron chi connectivity index (χ1n) is 6.36. The molecule has 0 aromatic heterocycles. The van der Waals surface area contributed by atoms with Gasteiger partial charge in [-0.3, -0.25) is 14.5 Å². The zero-order valence-corrected chi connectivity index (χ0v) is 11.0. The van der Waals surface area contributed by atoms with Crippen LogP contribution < -0.4 is 0 Å². The second-order valence-corrected chi connectivity index (χ2v) is 5.43.